The van der Waals surface area contributed by atoms with Gasteiger partial charge in [0, 0.05) is 16.8 Å². The van der Waals surface area contributed by atoms with Gasteiger partial charge in [-0.2, -0.15) is 0 Å². The van der Waals surface area contributed by atoms with Crippen LogP contribution in [0.1, 0.15) is 0 Å². The van der Waals surface area contributed by atoms with E-state index in [-0.39, 0.29) is 0 Å². The summed E-state index contributed by atoms with van der Waals surface area (Å²) in [5.41, 5.74) is 5.04. The van der Waals surface area contributed by atoms with Gasteiger partial charge in [-0.05, 0) is 28.3 Å². The van der Waals surface area contributed by atoms with E-state index >= 15 is 0 Å². The van der Waals surface area contributed by atoms with E-state index in [4.69, 9.17) is 0 Å². The minimum Gasteiger partial charge on any atom is -0.207 e. The summed E-state index contributed by atoms with van der Waals surface area (Å²) < 4.78 is 2.09. The van der Waals surface area contributed by atoms with Gasteiger partial charge in [-0.25, -0.2) is 4.57 Å². The van der Waals surface area contributed by atoms with Crippen LogP contribution in [0.5, 0.6) is 0 Å². The molecule has 0 aliphatic heterocycles. The van der Waals surface area contributed by atoms with Gasteiger partial charge in [-0.3, -0.25) is 0 Å². The SMILES string of the molecule is C[n+]1ccc2c(-c3ccc(-c4ccccc4)cc3)cccc2c1. The van der Waals surface area contributed by atoms with Gasteiger partial charge in [0.15, 0.2) is 12.4 Å². The summed E-state index contributed by atoms with van der Waals surface area (Å²) in [7, 11) is 2.06. The smallest absolute Gasteiger partial charge is 0.176 e. The number of aryl methyl sites for hydroxylation is 1. The van der Waals surface area contributed by atoms with Crippen molar-refractivity contribution in [3.05, 3.63) is 91.3 Å². The molecule has 0 spiro atoms. The highest BCUT2D eigenvalue weighted by Gasteiger charge is 2.06. The summed E-state index contributed by atoms with van der Waals surface area (Å²) in [6.45, 7) is 0. The second-order valence-electron chi connectivity index (χ2n) is 5.86. The van der Waals surface area contributed by atoms with Gasteiger partial charge in [-0.1, -0.05) is 66.7 Å². The Bertz CT molecular complexity index is 954. The van der Waals surface area contributed by atoms with Crippen molar-refractivity contribution < 1.29 is 4.57 Å². The van der Waals surface area contributed by atoms with Crippen LogP contribution in [0, 0.1) is 0 Å². The number of fused-ring (bicyclic) bond motifs is 1. The quantitative estimate of drug-likeness (QED) is 0.458. The van der Waals surface area contributed by atoms with Gasteiger partial charge in [0.1, 0.15) is 7.05 Å². The lowest BCUT2D eigenvalue weighted by Gasteiger charge is -2.07. The molecule has 4 rings (SSSR count). The fourth-order valence-corrected chi connectivity index (χ4v) is 3.06. The van der Waals surface area contributed by atoms with Crippen molar-refractivity contribution in [2.75, 3.05) is 0 Å². The summed E-state index contributed by atoms with van der Waals surface area (Å²) in [6, 6.07) is 28.0. The predicted molar refractivity (Wildman–Crippen MR) is 96.0 cm³/mol. The Labute approximate surface area is 136 Å². The van der Waals surface area contributed by atoms with E-state index in [0.717, 1.165) is 0 Å². The molecule has 23 heavy (non-hydrogen) atoms. The zero-order valence-electron chi connectivity index (χ0n) is 13.1. The van der Waals surface area contributed by atoms with Crippen molar-refractivity contribution >= 4 is 10.8 Å². The molecule has 0 aliphatic rings. The molecule has 1 heteroatoms. The molecule has 0 amide bonds. The Hall–Kier alpha value is -2.93. The molecule has 0 saturated carbocycles. The maximum absolute atomic E-state index is 2.21. The van der Waals surface area contributed by atoms with E-state index in [9.17, 15) is 0 Å². The molecule has 0 N–H and O–H groups in total. The van der Waals surface area contributed by atoms with Gasteiger partial charge >= 0.3 is 0 Å². The summed E-state index contributed by atoms with van der Waals surface area (Å²) >= 11 is 0. The topological polar surface area (TPSA) is 3.88 Å². The van der Waals surface area contributed by atoms with E-state index in [1.165, 1.54) is 33.0 Å². The number of nitrogens with zero attached hydrogens (tertiary/aromatic N) is 1. The lowest BCUT2D eigenvalue weighted by molar-refractivity contribution is -0.670. The van der Waals surface area contributed by atoms with E-state index in [2.05, 4.69) is 96.8 Å². The van der Waals surface area contributed by atoms with E-state index in [1.807, 2.05) is 6.07 Å². The Morgan fingerprint density at radius 2 is 1.30 bits per heavy atom. The first kappa shape index (κ1) is 13.7. The van der Waals surface area contributed by atoms with Crippen LogP contribution >= 0.6 is 0 Å². The Morgan fingerprint density at radius 3 is 2.09 bits per heavy atom. The molecule has 1 aromatic heterocycles. The van der Waals surface area contributed by atoms with Gasteiger partial charge in [0.05, 0.1) is 0 Å². The van der Waals surface area contributed by atoms with E-state index in [1.54, 1.807) is 0 Å². The van der Waals surface area contributed by atoms with Crippen LogP contribution in [0.4, 0.5) is 0 Å². The maximum atomic E-state index is 2.21. The second kappa shape index (κ2) is 5.69. The van der Waals surface area contributed by atoms with Crippen LogP contribution in [-0.4, -0.2) is 0 Å². The minimum atomic E-state index is 1.25. The fourth-order valence-electron chi connectivity index (χ4n) is 3.06. The highest BCUT2D eigenvalue weighted by atomic mass is 14.9. The molecule has 110 valence electrons. The van der Waals surface area contributed by atoms with Crippen molar-refractivity contribution in [1.29, 1.82) is 0 Å². The van der Waals surface area contributed by atoms with Crippen LogP contribution in [0.15, 0.2) is 91.3 Å². The third-order valence-electron chi connectivity index (χ3n) is 4.26. The molecular weight excluding hydrogens is 278 g/mol. The monoisotopic (exact) mass is 296 g/mol. The van der Waals surface area contributed by atoms with Crippen LogP contribution in [0.2, 0.25) is 0 Å². The third kappa shape index (κ3) is 2.62. The Morgan fingerprint density at radius 1 is 0.609 bits per heavy atom. The normalized spacial score (nSPS) is 10.8. The summed E-state index contributed by atoms with van der Waals surface area (Å²) in [4.78, 5) is 0. The fraction of sp³-hybridized carbons (Fsp3) is 0.0455. The minimum absolute atomic E-state index is 1.25. The summed E-state index contributed by atoms with van der Waals surface area (Å²) in [5, 5.41) is 2.55. The highest BCUT2D eigenvalue weighted by molar-refractivity contribution is 5.95. The molecular formula is C22H18N+. The van der Waals surface area contributed by atoms with Crippen molar-refractivity contribution in [1.82, 2.24) is 0 Å². The molecule has 0 unspecified atom stereocenters. The van der Waals surface area contributed by atoms with Gasteiger partial charge < -0.3 is 0 Å². The molecule has 0 saturated heterocycles. The predicted octanol–water partition coefficient (Wildman–Crippen LogP) is 5.00. The molecule has 3 aromatic carbocycles. The Balaban J connectivity index is 1.80. The van der Waals surface area contributed by atoms with Crippen molar-refractivity contribution in [2.24, 2.45) is 7.05 Å². The molecule has 0 radical (unpaired) electrons. The first-order valence-electron chi connectivity index (χ1n) is 7.85. The first-order chi connectivity index (χ1) is 11.3. The van der Waals surface area contributed by atoms with Crippen LogP contribution in [-0.2, 0) is 7.05 Å². The molecule has 0 atom stereocenters. The van der Waals surface area contributed by atoms with Gasteiger partial charge in [0.25, 0.3) is 0 Å². The van der Waals surface area contributed by atoms with Gasteiger partial charge in [0.2, 0.25) is 0 Å². The van der Waals surface area contributed by atoms with Crippen molar-refractivity contribution in [2.45, 2.75) is 0 Å². The van der Waals surface area contributed by atoms with E-state index < -0.39 is 0 Å². The molecule has 0 bridgehead atoms. The largest absolute Gasteiger partial charge is 0.207 e. The second-order valence-corrected chi connectivity index (χ2v) is 5.86. The summed E-state index contributed by atoms with van der Waals surface area (Å²) in [5.74, 6) is 0. The lowest BCUT2D eigenvalue weighted by atomic mass is 9.97. The average Bonchev–Trinajstić information content (AvgIpc) is 2.62. The molecule has 1 heterocycles. The number of hydrogen-bond acceptors (Lipinski definition) is 0. The molecule has 1 nitrogen and oxygen atoms in total. The summed E-state index contributed by atoms with van der Waals surface area (Å²) in [6.07, 6.45) is 4.27. The lowest BCUT2D eigenvalue weighted by Crippen LogP contribution is -2.25. The number of pyridine rings is 1. The Kier molecular flexibility index (Phi) is 3.39. The molecule has 0 aliphatic carbocycles. The zero-order valence-corrected chi connectivity index (χ0v) is 13.1. The third-order valence-corrected chi connectivity index (χ3v) is 4.26. The van der Waals surface area contributed by atoms with Crippen molar-refractivity contribution in [3.8, 4) is 22.3 Å². The number of hydrogen-bond donors (Lipinski definition) is 0. The molecule has 0 fully saturated rings. The van der Waals surface area contributed by atoms with Crippen LogP contribution in [0.3, 0.4) is 0 Å². The number of aromatic nitrogens is 1. The maximum Gasteiger partial charge on any atom is 0.176 e. The standard InChI is InChI=1S/C22H18N/c1-23-15-14-22-20(16-23)8-5-9-21(22)19-12-10-18(11-13-19)17-6-3-2-4-7-17/h2-16H,1H3/q+1. The average molecular weight is 296 g/mol. The molecule has 4 aromatic rings. The van der Waals surface area contributed by atoms with E-state index in [0.29, 0.717) is 0 Å². The first-order valence-corrected chi connectivity index (χ1v) is 7.85. The van der Waals surface area contributed by atoms with Gasteiger partial charge in [-0.15, -0.1) is 0 Å². The zero-order chi connectivity index (χ0) is 15.6. The van der Waals surface area contributed by atoms with Crippen LogP contribution in [0.25, 0.3) is 33.0 Å². The highest BCUT2D eigenvalue weighted by Crippen LogP contribution is 2.29. The van der Waals surface area contributed by atoms with Crippen LogP contribution < -0.4 is 4.57 Å². The van der Waals surface area contributed by atoms with Crippen molar-refractivity contribution in [3.63, 3.8) is 0 Å². The number of benzene rings is 3. The number of rotatable bonds is 2.